The standard InChI is InChI=1S/C17H29N3O3S/c1-5-17(18,6-2)13-19-16(21)14-9-11-15(12-10-14)24(22,23)20(7-3)8-4/h9-12H,5-8,13,18H2,1-4H3,(H,19,21). The van der Waals surface area contributed by atoms with Gasteiger partial charge in [-0.3, -0.25) is 4.79 Å². The zero-order valence-electron chi connectivity index (χ0n) is 15.0. The van der Waals surface area contributed by atoms with E-state index in [1.807, 2.05) is 13.8 Å². The van der Waals surface area contributed by atoms with Crippen LogP contribution in [0.3, 0.4) is 0 Å². The third-order valence-electron chi connectivity index (χ3n) is 4.47. The van der Waals surface area contributed by atoms with Crippen LogP contribution in [0.1, 0.15) is 50.9 Å². The van der Waals surface area contributed by atoms with Gasteiger partial charge in [0.25, 0.3) is 5.91 Å². The highest BCUT2D eigenvalue weighted by Gasteiger charge is 2.23. The molecule has 1 rings (SSSR count). The number of hydrogen-bond donors (Lipinski definition) is 2. The molecule has 24 heavy (non-hydrogen) atoms. The Morgan fingerprint density at radius 1 is 1.08 bits per heavy atom. The van der Waals surface area contributed by atoms with E-state index in [-0.39, 0.29) is 10.8 Å². The molecule has 3 N–H and O–H groups in total. The van der Waals surface area contributed by atoms with E-state index in [9.17, 15) is 13.2 Å². The van der Waals surface area contributed by atoms with Crippen molar-refractivity contribution >= 4 is 15.9 Å². The van der Waals surface area contributed by atoms with Crippen LogP contribution in [0.25, 0.3) is 0 Å². The Morgan fingerprint density at radius 2 is 1.58 bits per heavy atom. The van der Waals surface area contributed by atoms with E-state index in [1.165, 1.54) is 28.6 Å². The SMILES string of the molecule is CCN(CC)S(=O)(=O)c1ccc(C(=O)NCC(N)(CC)CC)cc1. The Kier molecular flexibility index (Phi) is 7.38. The summed E-state index contributed by atoms with van der Waals surface area (Å²) < 4.78 is 26.2. The molecular weight excluding hydrogens is 326 g/mol. The summed E-state index contributed by atoms with van der Waals surface area (Å²) in [6.07, 6.45) is 1.54. The van der Waals surface area contributed by atoms with Crippen LogP contribution in [0.5, 0.6) is 0 Å². The van der Waals surface area contributed by atoms with E-state index in [0.29, 0.717) is 25.2 Å². The first-order chi connectivity index (χ1) is 11.2. The molecule has 0 spiro atoms. The van der Waals surface area contributed by atoms with Gasteiger partial charge in [0, 0.05) is 30.7 Å². The van der Waals surface area contributed by atoms with Crippen LogP contribution in [-0.4, -0.2) is 43.8 Å². The monoisotopic (exact) mass is 355 g/mol. The van der Waals surface area contributed by atoms with E-state index < -0.39 is 15.6 Å². The minimum absolute atomic E-state index is 0.193. The van der Waals surface area contributed by atoms with Crippen LogP contribution in [0.15, 0.2) is 29.2 Å². The summed E-state index contributed by atoms with van der Waals surface area (Å²) in [6, 6.07) is 6.00. The molecule has 0 bridgehead atoms. The second-order valence-corrected chi connectivity index (χ2v) is 7.80. The zero-order chi connectivity index (χ0) is 18.4. The van der Waals surface area contributed by atoms with Crippen molar-refractivity contribution in [3.8, 4) is 0 Å². The highest BCUT2D eigenvalue weighted by Crippen LogP contribution is 2.16. The van der Waals surface area contributed by atoms with Gasteiger partial charge >= 0.3 is 0 Å². The molecule has 0 atom stereocenters. The van der Waals surface area contributed by atoms with Crippen molar-refractivity contribution in [1.29, 1.82) is 0 Å². The number of rotatable bonds is 9. The van der Waals surface area contributed by atoms with Gasteiger partial charge in [0.05, 0.1) is 4.90 Å². The third kappa shape index (κ3) is 4.78. The van der Waals surface area contributed by atoms with Crippen molar-refractivity contribution in [2.24, 2.45) is 5.73 Å². The molecule has 0 heterocycles. The predicted molar refractivity (Wildman–Crippen MR) is 96.4 cm³/mol. The Morgan fingerprint density at radius 3 is 2.00 bits per heavy atom. The molecule has 0 aliphatic heterocycles. The third-order valence-corrected chi connectivity index (χ3v) is 6.53. The average Bonchev–Trinajstić information content (AvgIpc) is 2.60. The molecule has 7 heteroatoms. The van der Waals surface area contributed by atoms with Gasteiger partial charge in [-0.1, -0.05) is 27.7 Å². The maximum atomic E-state index is 12.4. The van der Waals surface area contributed by atoms with Crippen LogP contribution in [0, 0.1) is 0 Å². The Hall–Kier alpha value is -1.44. The lowest BCUT2D eigenvalue weighted by atomic mass is 9.94. The van der Waals surface area contributed by atoms with Crippen molar-refractivity contribution in [1.82, 2.24) is 9.62 Å². The minimum atomic E-state index is -3.51. The first-order valence-electron chi connectivity index (χ1n) is 8.41. The van der Waals surface area contributed by atoms with Crippen molar-refractivity contribution in [2.45, 2.75) is 51.0 Å². The van der Waals surface area contributed by atoms with Gasteiger partial charge in [-0.05, 0) is 37.1 Å². The van der Waals surface area contributed by atoms with E-state index in [1.54, 1.807) is 13.8 Å². The second kappa shape index (κ2) is 8.60. The number of carbonyl (C=O) groups is 1. The molecule has 0 saturated carbocycles. The fourth-order valence-corrected chi connectivity index (χ4v) is 3.81. The number of sulfonamides is 1. The molecule has 0 unspecified atom stereocenters. The van der Waals surface area contributed by atoms with Crippen molar-refractivity contribution < 1.29 is 13.2 Å². The van der Waals surface area contributed by atoms with E-state index in [0.717, 1.165) is 12.8 Å². The largest absolute Gasteiger partial charge is 0.350 e. The lowest BCUT2D eigenvalue weighted by Crippen LogP contribution is -2.49. The molecule has 1 aromatic rings. The number of amides is 1. The van der Waals surface area contributed by atoms with Crippen LogP contribution in [0.2, 0.25) is 0 Å². The number of nitrogens with zero attached hydrogens (tertiary/aromatic N) is 1. The zero-order valence-corrected chi connectivity index (χ0v) is 15.8. The molecule has 0 fully saturated rings. The molecule has 136 valence electrons. The number of hydrogen-bond acceptors (Lipinski definition) is 4. The summed E-state index contributed by atoms with van der Waals surface area (Å²) >= 11 is 0. The lowest BCUT2D eigenvalue weighted by molar-refractivity contribution is 0.0942. The van der Waals surface area contributed by atoms with Crippen molar-refractivity contribution in [2.75, 3.05) is 19.6 Å². The molecule has 0 saturated heterocycles. The first kappa shape index (κ1) is 20.6. The minimum Gasteiger partial charge on any atom is -0.350 e. The smallest absolute Gasteiger partial charge is 0.251 e. The molecule has 0 aliphatic carbocycles. The lowest BCUT2D eigenvalue weighted by Gasteiger charge is -2.26. The molecule has 0 radical (unpaired) electrons. The van der Waals surface area contributed by atoms with E-state index in [2.05, 4.69) is 5.32 Å². The summed E-state index contributed by atoms with van der Waals surface area (Å²) in [5, 5.41) is 2.82. The maximum Gasteiger partial charge on any atom is 0.251 e. The van der Waals surface area contributed by atoms with Crippen LogP contribution < -0.4 is 11.1 Å². The normalized spacial score (nSPS) is 12.4. The summed E-state index contributed by atoms with van der Waals surface area (Å²) in [5.41, 5.74) is 6.17. The van der Waals surface area contributed by atoms with Crippen LogP contribution >= 0.6 is 0 Å². The maximum absolute atomic E-state index is 12.4. The van der Waals surface area contributed by atoms with E-state index in [4.69, 9.17) is 5.73 Å². The summed E-state index contributed by atoms with van der Waals surface area (Å²) in [5.74, 6) is -0.251. The van der Waals surface area contributed by atoms with Crippen molar-refractivity contribution in [3.63, 3.8) is 0 Å². The first-order valence-corrected chi connectivity index (χ1v) is 9.85. The number of nitrogens with two attached hydrogens (primary N) is 1. The van der Waals surface area contributed by atoms with Gasteiger partial charge in [0.15, 0.2) is 0 Å². The second-order valence-electron chi connectivity index (χ2n) is 5.87. The highest BCUT2D eigenvalue weighted by atomic mass is 32.2. The number of nitrogens with one attached hydrogen (secondary N) is 1. The Bertz CT molecular complexity index is 634. The highest BCUT2D eigenvalue weighted by molar-refractivity contribution is 7.89. The summed E-state index contributed by atoms with van der Waals surface area (Å²) in [6.45, 7) is 8.78. The molecule has 1 amide bonds. The predicted octanol–water partition coefficient (Wildman–Crippen LogP) is 1.96. The molecule has 0 aliphatic rings. The van der Waals surface area contributed by atoms with Gasteiger partial charge in [-0.15, -0.1) is 0 Å². The summed E-state index contributed by atoms with van der Waals surface area (Å²) in [7, 11) is -3.51. The van der Waals surface area contributed by atoms with Gasteiger partial charge in [-0.25, -0.2) is 8.42 Å². The number of benzene rings is 1. The molecule has 1 aromatic carbocycles. The fraction of sp³-hybridized carbons (Fsp3) is 0.588. The van der Waals surface area contributed by atoms with Gasteiger partial charge in [0.1, 0.15) is 0 Å². The Labute approximate surface area is 145 Å². The van der Waals surface area contributed by atoms with Crippen LogP contribution in [0.4, 0.5) is 0 Å². The number of carbonyl (C=O) groups excluding carboxylic acids is 1. The molecule has 0 aromatic heterocycles. The fourth-order valence-electron chi connectivity index (χ4n) is 2.35. The van der Waals surface area contributed by atoms with Gasteiger partial charge < -0.3 is 11.1 Å². The summed E-state index contributed by atoms with van der Waals surface area (Å²) in [4.78, 5) is 12.4. The van der Waals surface area contributed by atoms with Gasteiger partial charge in [0.2, 0.25) is 10.0 Å². The topological polar surface area (TPSA) is 92.5 Å². The quantitative estimate of drug-likeness (QED) is 0.708. The van der Waals surface area contributed by atoms with Gasteiger partial charge in [-0.2, -0.15) is 4.31 Å². The molecule has 6 nitrogen and oxygen atoms in total. The Balaban J connectivity index is 2.86. The van der Waals surface area contributed by atoms with Crippen LogP contribution in [-0.2, 0) is 10.0 Å². The molecular formula is C17H29N3O3S. The average molecular weight is 356 g/mol. The van der Waals surface area contributed by atoms with E-state index >= 15 is 0 Å². The van der Waals surface area contributed by atoms with Crippen molar-refractivity contribution in [3.05, 3.63) is 29.8 Å².